The van der Waals surface area contributed by atoms with Crippen molar-refractivity contribution >= 4 is 11.6 Å². The number of rotatable bonds is 3. The Morgan fingerprint density at radius 3 is 2.79 bits per heavy atom. The van der Waals surface area contributed by atoms with E-state index in [1.165, 1.54) is 36.8 Å². The van der Waals surface area contributed by atoms with Crippen LogP contribution in [0.1, 0.15) is 55.7 Å². The number of allylic oxidation sites excluding steroid dienone is 1. The van der Waals surface area contributed by atoms with E-state index in [9.17, 15) is 0 Å². The Morgan fingerprint density at radius 2 is 2.00 bits per heavy atom. The fourth-order valence-electron chi connectivity index (χ4n) is 2.81. The third kappa shape index (κ3) is 3.59. The van der Waals surface area contributed by atoms with Crippen LogP contribution >= 0.6 is 11.6 Å². The van der Waals surface area contributed by atoms with E-state index >= 15 is 0 Å². The molecule has 0 aromatic heterocycles. The Hall–Kier alpha value is -0.830. The van der Waals surface area contributed by atoms with E-state index in [1.54, 1.807) is 0 Å². The van der Waals surface area contributed by atoms with Gasteiger partial charge in [0.2, 0.25) is 0 Å². The van der Waals surface area contributed by atoms with Gasteiger partial charge in [-0.25, -0.2) is 5.43 Å². The van der Waals surface area contributed by atoms with Crippen molar-refractivity contribution in [3.8, 4) is 0 Å². The second kappa shape index (κ2) is 7.09. The highest BCUT2D eigenvalue weighted by molar-refractivity contribution is 6.31. The van der Waals surface area contributed by atoms with Crippen LogP contribution in [0.25, 0.3) is 0 Å². The monoisotopic (exact) mass is 278 g/mol. The van der Waals surface area contributed by atoms with Crippen LogP contribution in [-0.2, 0) is 0 Å². The summed E-state index contributed by atoms with van der Waals surface area (Å²) in [5, 5.41) is 0.809. The van der Waals surface area contributed by atoms with Gasteiger partial charge in [0.05, 0.1) is 6.04 Å². The predicted molar refractivity (Wildman–Crippen MR) is 82.0 cm³/mol. The van der Waals surface area contributed by atoms with E-state index in [0.717, 1.165) is 23.4 Å². The van der Waals surface area contributed by atoms with Crippen molar-refractivity contribution in [3.05, 3.63) is 46.0 Å². The van der Waals surface area contributed by atoms with Crippen LogP contribution in [0.2, 0.25) is 5.02 Å². The number of halogens is 1. The molecule has 0 aliphatic heterocycles. The van der Waals surface area contributed by atoms with E-state index < -0.39 is 0 Å². The molecular weight excluding hydrogens is 256 g/mol. The summed E-state index contributed by atoms with van der Waals surface area (Å²) in [6.07, 6.45) is 9.86. The molecule has 3 heteroatoms. The summed E-state index contributed by atoms with van der Waals surface area (Å²) < 4.78 is 0. The highest BCUT2D eigenvalue weighted by atomic mass is 35.5. The van der Waals surface area contributed by atoms with E-state index in [-0.39, 0.29) is 6.04 Å². The molecule has 1 aromatic rings. The fourth-order valence-corrected chi connectivity index (χ4v) is 2.99. The van der Waals surface area contributed by atoms with Gasteiger partial charge in [0, 0.05) is 5.02 Å². The highest BCUT2D eigenvalue weighted by Crippen LogP contribution is 2.32. The molecule has 0 saturated carbocycles. The third-order valence-electron chi connectivity index (χ3n) is 3.98. The SMILES string of the molecule is Cc1c(Cl)cccc1C(NN)/C1=C/CCCCCC1. The first-order valence-electron chi connectivity index (χ1n) is 7.14. The smallest absolute Gasteiger partial charge is 0.0673 e. The number of hydrazine groups is 1. The average molecular weight is 279 g/mol. The van der Waals surface area contributed by atoms with E-state index in [1.807, 2.05) is 12.1 Å². The van der Waals surface area contributed by atoms with Gasteiger partial charge in [0.25, 0.3) is 0 Å². The van der Waals surface area contributed by atoms with Crippen LogP contribution in [-0.4, -0.2) is 0 Å². The first-order chi connectivity index (χ1) is 9.24. The van der Waals surface area contributed by atoms with Crippen LogP contribution in [0.5, 0.6) is 0 Å². The van der Waals surface area contributed by atoms with Crippen LogP contribution in [0.3, 0.4) is 0 Å². The number of nitrogens with one attached hydrogen (secondary N) is 1. The predicted octanol–water partition coefficient (Wildman–Crippen LogP) is 4.43. The average Bonchev–Trinajstić information content (AvgIpc) is 2.37. The van der Waals surface area contributed by atoms with Gasteiger partial charge >= 0.3 is 0 Å². The molecule has 0 radical (unpaired) electrons. The third-order valence-corrected chi connectivity index (χ3v) is 4.39. The van der Waals surface area contributed by atoms with Crippen LogP contribution in [0, 0.1) is 6.92 Å². The van der Waals surface area contributed by atoms with E-state index in [4.69, 9.17) is 17.4 Å². The molecule has 1 unspecified atom stereocenters. The summed E-state index contributed by atoms with van der Waals surface area (Å²) in [5.41, 5.74) is 6.70. The Kier molecular flexibility index (Phi) is 5.44. The minimum atomic E-state index is 0.0943. The van der Waals surface area contributed by atoms with Crippen molar-refractivity contribution in [1.29, 1.82) is 0 Å². The first kappa shape index (κ1) is 14.6. The van der Waals surface area contributed by atoms with Crippen molar-refractivity contribution < 1.29 is 0 Å². The van der Waals surface area contributed by atoms with Crippen molar-refractivity contribution in [2.24, 2.45) is 5.84 Å². The maximum atomic E-state index is 6.22. The Balaban J connectivity index is 2.30. The van der Waals surface area contributed by atoms with Gasteiger partial charge in [0.15, 0.2) is 0 Å². The zero-order valence-electron chi connectivity index (χ0n) is 11.6. The molecule has 1 aromatic carbocycles. The minimum Gasteiger partial charge on any atom is -0.271 e. The van der Waals surface area contributed by atoms with E-state index in [0.29, 0.717) is 0 Å². The first-order valence-corrected chi connectivity index (χ1v) is 7.52. The largest absolute Gasteiger partial charge is 0.271 e. The van der Waals surface area contributed by atoms with Crippen LogP contribution < -0.4 is 11.3 Å². The molecular formula is C16H23ClN2. The van der Waals surface area contributed by atoms with Crippen molar-refractivity contribution in [2.75, 3.05) is 0 Å². The summed E-state index contributed by atoms with van der Waals surface area (Å²) >= 11 is 6.22. The summed E-state index contributed by atoms with van der Waals surface area (Å²) in [4.78, 5) is 0. The zero-order chi connectivity index (χ0) is 13.7. The second-order valence-corrected chi connectivity index (χ2v) is 5.69. The van der Waals surface area contributed by atoms with Crippen molar-refractivity contribution in [3.63, 3.8) is 0 Å². The lowest BCUT2D eigenvalue weighted by atomic mass is 9.89. The quantitative estimate of drug-likeness (QED) is 0.487. The number of hydrogen-bond acceptors (Lipinski definition) is 2. The molecule has 104 valence electrons. The molecule has 3 N–H and O–H groups in total. The molecule has 2 nitrogen and oxygen atoms in total. The Labute approximate surface area is 121 Å². The van der Waals surface area contributed by atoms with Gasteiger partial charge in [0.1, 0.15) is 0 Å². The number of nitrogens with two attached hydrogens (primary N) is 1. The topological polar surface area (TPSA) is 38.0 Å². The molecule has 1 aliphatic carbocycles. The lowest BCUT2D eigenvalue weighted by molar-refractivity contribution is 0.554. The number of benzene rings is 1. The van der Waals surface area contributed by atoms with Gasteiger partial charge in [-0.3, -0.25) is 5.84 Å². The van der Waals surface area contributed by atoms with Gasteiger partial charge < -0.3 is 0 Å². The minimum absolute atomic E-state index is 0.0943. The molecule has 0 heterocycles. The normalized spacial score (nSPS) is 21.1. The van der Waals surface area contributed by atoms with Crippen LogP contribution in [0.4, 0.5) is 0 Å². The summed E-state index contributed by atoms with van der Waals surface area (Å²) in [6.45, 7) is 2.06. The van der Waals surface area contributed by atoms with Crippen molar-refractivity contribution in [1.82, 2.24) is 5.43 Å². The zero-order valence-corrected chi connectivity index (χ0v) is 12.3. The van der Waals surface area contributed by atoms with Gasteiger partial charge in [-0.2, -0.15) is 0 Å². The molecule has 1 atom stereocenters. The maximum Gasteiger partial charge on any atom is 0.0673 e. The molecule has 19 heavy (non-hydrogen) atoms. The molecule has 0 amide bonds. The second-order valence-electron chi connectivity index (χ2n) is 5.29. The summed E-state index contributed by atoms with van der Waals surface area (Å²) in [6, 6.07) is 6.14. The standard InChI is InChI=1S/C16H23ClN2/c1-12-14(10-7-11-15(12)17)16(19-18)13-8-5-3-2-4-6-9-13/h7-8,10-11,16,19H,2-6,9,18H2,1H3/b13-8+. The van der Waals surface area contributed by atoms with Gasteiger partial charge in [-0.05, 0) is 49.8 Å². The lowest BCUT2D eigenvalue weighted by Crippen LogP contribution is -2.30. The molecule has 0 spiro atoms. The van der Waals surface area contributed by atoms with Gasteiger partial charge in [-0.15, -0.1) is 0 Å². The lowest BCUT2D eigenvalue weighted by Gasteiger charge is -2.24. The molecule has 2 rings (SSSR count). The highest BCUT2D eigenvalue weighted by Gasteiger charge is 2.18. The molecule has 0 saturated heterocycles. The molecule has 0 fully saturated rings. The maximum absolute atomic E-state index is 6.22. The Morgan fingerprint density at radius 1 is 1.21 bits per heavy atom. The Bertz CT molecular complexity index is 454. The fraction of sp³-hybridized carbons (Fsp3) is 0.500. The number of hydrogen-bond donors (Lipinski definition) is 2. The van der Waals surface area contributed by atoms with Crippen LogP contribution in [0.15, 0.2) is 29.8 Å². The molecule has 0 bridgehead atoms. The summed E-state index contributed by atoms with van der Waals surface area (Å²) in [7, 11) is 0. The van der Waals surface area contributed by atoms with E-state index in [2.05, 4.69) is 24.5 Å². The molecule has 1 aliphatic rings. The van der Waals surface area contributed by atoms with Gasteiger partial charge in [-0.1, -0.05) is 48.2 Å². The van der Waals surface area contributed by atoms with Crippen molar-refractivity contribution in [2.45, 2.75) is 51.5 Å². The summed E-state index contributed by atoms with van der Waals surface area (Å²) in [5.74, 6) is 5.81.